The van der Waals surface area contributed by atoms with E-state index in [2.05, 4.69) is 5.32 Å². The number of fused-ring (bicyclic) bond motifs is 1. The Bertz CT molecular complexity index is 578. The van der Waals surface area contributed by atoms with Crippen LogP contribution in [-0.2, 0) is 16.1 Å². The number of nitrogens with one attached hydrogen (secondary N) is 1. The Morgan fingerprint density at radius 3 is 2.79 bits per heavy atom. The fourth-order valence-corrected chi connectivity index (χ4v) is 3.76. The van der Waals surface area contributed by atoms with Crippen LogP contribution in [0.4, 0.5) is 4.79 Å². The van der Waals surface area contributed by atoms with Gasteiger partial charge in [0.2, 0.25) is 5.91 Å². The topological polar surface area (TPSA) is 61.9 Å². The van der Waals surface area contributed by atoms with Gasteiger partial charge in [-0.3, -0.25) is 4.79 Å². The molecular weight excluding hydrogens is 306 g/mol. The largest absolute Gasteiger partial charge is 0.383 e. The number of benzene rings is 1. The molecule has 0 spiro atoms. The number of carbonyl (C=O) groups excluding carboxylic acids is 2. The van der Waals surface area contributed by atoms with E-state index in [4.69, 9.17) is 4.74 Å². The van der Waals surface area contributed by atoms with Gasteiger partial charge in [-0.2, -0.15) is 0 Å². The Morgan fingerprint density at radius 2 is 2.04 bits per heavy atom. The highest BCUT2D eigenvalue weighted by Gasteiger charge is 2.44. The van der Waals surface area contributed by atoms with Crippen LogP contribution in [0.2, 0.25) is 0 Å². The van der Waals surface area contributed by atoms with Crippen molar-refractivity contribution in [1.82, 2.24) is 15.1 Å². The molecule has 1 aromatic rings. The van der Waals surface area contributed by atoms with E-state index in [0.29, 0.717) is 32.7 Å². The van der Waals surface area contributed by atoms with E-state index in [1.165, 1.54) is 0 Å². The minimum absolute atomic E-state index is 0.0348. The van der Waals surface area contributed by atoms with Crippen LogP contribution in [0.5, 0.6) is 0 Å². The van der Waals surface area contributed by atoms with Gasteiger partial charge in [-0.15, -0.1) is 0 Å². The monoisotopic (exact) mass is 331 g/mol. The maximum atomic E-state index is 12.6. The summed E-state index contributed by atoms with van der Waals surface area (Å²) in [5.41, 5.74) is 1.09. The summed E-state index contributed by atoms with van der Waals surface area (Å²) in [5.74, 6) is 0.180. The maximum Gasteiger partial charge on any atom is 0.317 e. The molecular formula is C18H25N3O3. The first-order valence-corrected chi connectivity index (χ1v) is 8.57. The van der Waals surface area contributed by atoms with Gasteiger partial charge in [0.05, 0.1) is 18.7 Å². The lowest BCUT2D eigenvalue weighted by atomic mass is 9.96. The molecule has 1 aromatic carbocycles. The van der Waals surface area contributed by atoms with Gasteiger partial charge >= 0.3 is 6.03 Å². The first-order chi connectivity index (χ1) is 11.7. The van der Waals surface area contributed by atoms with E-state index in [1.807, 2.05) is 40.1 Å². The summed E-state index contributed by atoms with van der Waals surface area (Å²) in [7, 11) is 1.64. The Morgan fingerprint density at radius 1 is 1.25 bits per heavy atom. The molecule has 6 heteroatoms. The van der Waals surface area contributed by atoms with Gasteiger partial charge in [-0.05, 0) is 18.4 Å². The van der Waals surface area contributed by atoms with Gasteiger partial charge in [0.25, 0.3) is 0 Å². The van der Waals surface area contributed by atoms with Gasteiger partial charge in [0, 0.05) is 33.2 Å². The van der Waals surface area contributed by atoms with Crippen LogP contribution in [0.1, 0.15) is 24.8 Å². The second-order valence-corrected chi connectivity index (χ2v) is 6.38. The molecule has 2 heterocycles. The van der Waals surface area contributed by atoms with Crippen molar-refractivity contribution in [2.45, 2.75) is 37.9 Å². The molecule has 3 rings (SSSR count). The lowest BCUT2D eigenvalue weighted by Gasteiger charge is -2.39. The minimum atomic E-state index is -0.0348. The summed E-state index contributed by atoms with van der Waals surface area (Å²) < 4.78 is 5.12. The lowest BCUT2D eigenvalue weighted by molar-refractivity contribution is -0.138. The summed E-state index contributed by atoms with van der Waals surface area (Å²) in [6.07, 6.45) is 2.11. The predicted octanol–water partition coefficient (Wildman–Crippen LogP) is 1.61. The van der Waals surface area contributed by atoms with Crippen molar-refractivity contribution >= 4 is 11.9 Å². The maximum absolute atomic E-state index is 12.6. The number of urea groups is 1. The third-order valence-electron chi connectivity index (χ3n) is 4.97. The summed E-state index contributed by atoms with van der Waals surface area (Å²) in [6, 6.07) is 10.1. The second-order valence-electron chi connectivity index (χ2n) is 6.38. The Kier molecular flexibility index (Phi) is 5.35. The number of nitrogens with zero attached hydrogens (tertiary/aromatic N) is 2. The molecule has 3 amide bonds. The highest BCUT2D eigenvalue weighted by atomic mass is 16.5. The zero-order chi connectivity index (χ0) is 16.9. The second kappa shape index (κ2) is 7.66. The molecule has 0 saturated carbocycles. The first-order valence-electron chi connectivity index (χ1n) is 8.57. The third kappa shape index (κ3) is 3.53. The molecule has 2 aliphatic rings. The molecule has 2 atom stereocenters. The number of methoxy groups -OCH3 is 1. The van der Waals surface area contributed by atoms with Crippen molar-refractivity contribution in [2.24, 2.45) is 0 Å². The zero-order valence-corrected chi connectivity index (χ0v) is 14.1. The van der Waals surface area contributed by atoms with Crippen molar-refractivity contribution in [3.63, 3.8) is 0 Å². The molecule has 0 bridgehead atoms. The minimum Gasteiger partial charge on any atom is -0.383 e. The van der Waals surface area contributed by atoms with Crippen LogP contribution in [-0.4, -0.2) is 60.6 Å². The SMILES string of the molecule is COCCN1C(=O)CC[C@@H]2[C@H]1CCN2C(=O)NCc1ccccc1. The molecule has 2 fully saturated rings. The predicted molar refractivity (Wildman–Crippen MR) is 90.4 cm³/mol. The summed E-state index contributed by atoms with van der Waals surface area (Å²) in [4.78, 5) is 28.6. The van der Waals surface area contributed by atoms with E-state index in [0.717, 1.165) is 18.4 Å². The molecule has 24 heavy (non-hydrogen) atoms. The van der Waals surface area contributed by atoms with Gasteiger partial charge in [-0.1, -0.05) is 30.3 Å². The molecule has 0 radical (unpaired) electrons. The summed E-state index contributed by atoms with van der Waals surface area (Å²) in [6.45, 7) is 2.37. The van der Waals surface area contributed by atoms with Crippen LogP contribution in [0.3, 0.4) is 0 Å². The van der Waals surface area contributed by atoms with Crippen LogP contribution in [0, 0.1) is 0 Å². The van der Waals surface area contributed by atoms with Crippen molar-refractivity contribution in [1.29, 1.82) is 0 Å². The van der Waals surface area contributed by atoms with Crippen LogP contribution in [0.15, 0.2) is 30.3 Å². The van der Waals surface area contributed by atoms with Gasteiger partial charge in [0.15, 0.2) is 0 Å². The van der Waals surface area contributed by atoms with E-state index >= 15 is 0 Å². The Labute approximate surface area is 142 Å². The number of piperidine rings is 1. The molecule has 0 aliphatic carbocycles. The molecule has 2 aliphatic heterocycles. The fourth-order valence-electron chi connectivity index (χ4n) is 3.76. The molecule has 0 unspecified atom stereocenters. The van der Waals surface area contributed by atoms with Crippen LogP contribution in [0.25, 0.3) is 0 Å². The standard InChI is InChI=1S/C18H25N3O3/c1-24-12-11-20-16-9-10-21(15(16)7-8-17(20)22)18(23)19-13-14-5-3-2-4-6-14/h2-6,15-16H,7-13H2,1H3,(H,19,23)/t15-,16-/m1/s1. The smallest absolute Gasteiger partial charge is 0.317 e. The number of hydrogen-bond acceptors (Lipinski definition) is 3. The summed E-state index contributed by atoms with van der Waals surface area (Å²) >= 11 is 0. The fraction of sp³-hybridized carbons (Fsp3) is 0.556. The zero-order valence-electron chi connectivity index (χ0n) is 14.1. The Balaban J connectivity index is 1.59. The number of amides is 3. The quantitative estimate of drug-likeness (QED) is 0.892. The van der Waals surface area contributed by atoms with Crippen LogP contribution >= 0.6 is 0 Å². The number of rotatable bonds is 5. The summed E-state index contributed by atoms with van der Waals surface area (Å²) in [5, 5.41) is 3.00. The highest BCUT2D eigenvalue weighted by molar-refractivity contribution is 5.79. The normalized spacial score (nSPS) is 23.3. The van der Waals surface area contributed by atoms with Gasteiger partial charge < -0.3 is 19.9 Å². The number of carbonyl (C=O) groups is 2. The van der Waals surface area contributed by atoms with E-state index in [1.54, 1.807) is 7.11 Å². The lowest BCUT2D eigenvalue weighted by Crippen LogP contribution is -2.55. The Hall–Kier alpha value is -2.08. The third-order valence-corrected chi connectivity index (χ3v) is 4.97. The number of ether oxygens (including phenoxy) is 1. The molecule has 130 valence electrons. The van der Waals surface area contributed by atoms with Crippen molar-refractivity contribution < 1.29 is 14.3 Å². The average Bonchev–Trinajstić information content (AvgIpc) is 3.04. The van der Waals surface area contributed by atoms with Crippen LogP contribution < -0.4 is 5.32 Å². The van der Waals surface area contributed by atoms with E-state index in [9.17, 15) is 9.59 Å². The highest BCUT2D eigenvalue weighted by Crippen LogP contribution is 2.31. The molecule has 1 N–H and O–H groups in total. The van der Waals surface area contributed by atoms with E-state index in [-0.39, 0.29) is 24.0 Å². The molecule has 6 nitrogen and oxygen atoms in total. The van der Waals surface area contributed by atoms with Gasteiger partial charge in [-0.25, -0.2) is 4.79 Å². The van der Waals surface area contributed by atoms with E-state index < -0.39 is 0 Å². The van der Waals surface area contributed by atoms with Crippen molar-refractivity contribution in [3.05, 3.63) is 35.9 Å². The van der Waals surface area contributed by atoms with Crippen molar-refractivity contribution in [3.8, 4) is 0 Å². The number of likely N-dealkylation sites (tertiary alicyclic amines) is 2. The number of hydrogen-bond donors (Lipinski definition) is 1. The van der Waals surface area contributed by atoms with Gasteiger partial charge in [0.1, 0.15) is 0 Å². The first kappa shape index (κ1) is 16.8. The molecule has 0 aromatic heterocycles. The molecule has 2 saturated heterocycles. The average molecular weight is 331 g/mol. The van der Waals surface area contributed by atoms with Crippen molar-refractivity contribution in [2.75, 3.05) is 26.8 Å².